The molecule has 2 aromatic rings. The molecule has 0 aliphatic carbocycles. The maximum absolute atomic E-state index is 11.7. The number of amides is 1. The predicted molar refractivity (Wildman–Crippen MR) is 103 cm³/mol. The molecule has 0 saturated carbocycles. The SMILES string of the molecule is Cc1ccc(SCCNC(=O)COC(=O)COc2ccccc2C=O)cc1. The van der Waals surface area contributed by atoms with E-state index in [1.807, 2.05) is 31.2 Å². The van der Waals surface area contributed by atoms with Gasteiger partial charge in [0, 0.05) is 17.2 Å². The van der Waals surface area contributed by atoms with Crippen LogP contribution in [0.15, 0.2) is 53.4 Å². The van der Waals surface area contributed by atoms with Crippen molar-refractivity contribution in [1.29, 1.82) is 0 Å². The zero-order valence-electron chi connectivity index (χ0n) is 15.0. The number of rotatable bonds is 10. The lowest BCUT2D eigenvalue weighted by molar-refractivity contribution is -0.150. The van der Waals surface area contributed by atoms with Crippen LogP contribution in [-0.2, 0) is 14.3 Å². The van der Waals surface area contributed by atoms with Crippen molar-refractivity contribution < 1.29 is 23.9 Å². The fourth-order valence-corrected chi connectivity index (χ4v) is 2.85. The highest BCUT2D eigenvalue weighted by atomic mass is 32.2. The summed E-state index contributed by atoms with van der Waals surface area (Å²) in [4.78, 5) is 35.3. The fraction of sp³-hybridized carbons (Fsp3) is 0.250. The van der Waals surface area contributed by atoms with Gasteiger partial charge in [-0.25, -0.2) is 4.79 Å². The van der Waals surface area contributed by atoms with Crippen molar-refractivity contribution in [3.05, 3.63) is 59.7 Å². The molecule has 7 heteroatoms. The second-order valence-electron chi connectivity index (χ2n) is 5.62. The van der Waals surface area contributed by atoms with Gasteiger partial charge < -0.3 is 14.8 Å². The van der Waals surface area contributed by atoms with E-state index in [1.165, 1.54) is 5.56 Å². The smallest absolute Gasteiger partial charge is 0.344 e. The lowest BCUT2D eigenvalue weighted by atomic mass is 10.2. The third-order valence-electron chi connectivity index (χ3n) is 3.47. The summed E-state index contributed by atoms with van der Waals surface area (Å²) in [5, 5.41) is 2.69. The van der Waals surface area contributed by atoms with Gasteiger partial charge in [0.25, 0.3) is 5.91 Å². The molecule has 0 unspecified atom stereocenters. The summed E-state index contributed by atoms with van der Waals surface area (Å²) < 4.78 is 10.1. The number of ether oxygens (including phenoxy) is 2. The van der Waals surface area contributed by atoms with Crippen molar-refractivity contribution in [2.24, 2.45) is 0 Å². The van der Waals surface area contributed by atoms with E-state index in [0.717, 1.165) is 4.90 Å². The highest BCUT2D eigenvalue weighted by Crippen LogP contribution is 2.17. The van der Waals surface area contributed by atoms with Crippen molar-refractivity contribution in [1.82, 2.24) is 5.32 Å². The highest BCUT2D eigenvalue weighted by molar-refractivity contribution is 7.99. The number of hydrogen-bond donors (Lipinski definition) is 1. The third kappa shape index (κ3) is 7.53. The standard InChI is InChI=1S/C20H21NO5S/c1-15-6-8-17(9-7-15)27-11-10-21-19(23)13-26-20(24)14-25-18-5-3-2-4-16(18)12-22/h2-9,12H,10-11,13-14H2,1H3,(H,21,23). The van der Waals surface area contributed by atoms with Gasteiger partial charge in [-0.3, -0.25) is 9.59 Å². The second-order valence-corrected chi connectivity index (χ2v) is 6.78. The first-order valence-electron chi connectivity index (χ1n) is 8.37. The van der Waals surface area contributed by atoms with Gasteiger partial charge in [-0.2, -0.15) is 0 Å². The highest BCUT2D eigenvalue weighted by Gasteiger charge is 2.09. The molecule has 142 valence electrons. The second kappa shape index (κ2) is 11.0. The normalized spacial score (nSPS) is 10.1. The minimum Gasteiger partial charge on any atom is -0.481 e. The molecule has 2 rings (SSSR count). The molecule has 1 amide bonds. The van der Waals surface area contributed by atoms with Crippen LogP contribution < -0.4 is 10.1 Å². The van der Waals surface area contributed by atoms with E-state index in [0.29, 0.717) is 29.9 Å². The Morgan fingerprint density at radius 2 is 1.81 bits per heavy atom. The van der Waals surface area contributed by atoms with Crippen LogP contribution in [0.3, 0.4) is 0 Å². The lowest BCUT2D eigenvalue weighted by Crippen LogP contribution is -2.31. The Kier molecular flexibility index (Phi) is 8.38. The minimum atomic E-state index is -0.681. The van der Waals surface area contributed by atoms with Crippen molar-refractivity contribution >= 4 is 29.9 Å². The summed E-state index contributed by atoms with van der Waals surface area (Å²) in [5.41, 5.74) is 1.54. The van der Waals surface area contributed by atoms with E-state index in [4.69, 9.17) is 9.47 Å². The first-order chi connectivity index (χ1) is 13.1. The third-order valence-corrected chi connectivity index (χ3v) is 4.48. The van der Waals surface area contributed by atoms with Crippen LogP contribution in [0.25, 0.3) is 0 Å². The van der Waals surface area contributed by atoms with E-state index in [-0.39, 0.29) is 19.1 Å². The maximum Gasteiger partial charge on any atom is 0.344 e. The molecule has 1 N–H and O–H groups in total. The van der Waals surface area contributed by atoms with Crippen LogP contribution in [0, 0.1) is 6.92 Å². The van der Waals surface area contributed by atoms with E-state index in [1.54, 1.807) is 36.0 Å². The van der Waals surface area contributed by atoms with E-state index in [2.05, 4.69) is 5.32 Å². The molecule has 0 aliphatic rings. The van der Waals surface area contributed by atoms with Crippen LogP contribution >= 0.6 is 11.8 Å². The quantitative estimate of drug-likeness (QED) is 0.292. The Bertz CT molecular complexity index is 776. The number of esters is 1. The van der Waals surface area contributed by atoms with Crippen LogP contribution in [0.2, 0.25) is 0 Å². The van der Waals surface area contributed by atoms with Gasteiger partial charge in [0.2, 0.25) is 0 Å². The Morgan fingerprint density at radius 3 is 2.56 bits per heavy atom. The van der Waals surface area contributed by atoms with Crippen molar-refractivity contribution in [2.75, 3.05) is 25.5 Å². The Labute approximate surface area is 162 Å². The molecule has 0 atom stereocenters. The molecule has 0 saturated heterocycles. The minimum absolute atomic E-state index is 0.294. The van der Waals surface area contributed by atoms with Crippen molar-refractivity contribution in [3.63, 3.8) is 0 Å². The number of aldehydes is 1. The first-order valence-corrected chi connectivity index (χ1v) is 9.36. The summed E-state index contributed by atoms with van der Waals surface area (Å²) >= 11 is 1.63. The molecule has 0 radical (unpaired) electrons. The molecule has 0 fully saturated rings. The van der Waals surface area contributed by atoms with Gasteiger partial charge in [0.15, 0.2) is 19.5 Å². The largest absolute Gasteiger partial charge is 0.481 e. The fourth-order valence-electron chi connectivity index (χ4n) is 2.08. The topological polar surface area (TPSA) is 81.7 Å². The number of carbonyl (C=O) groups excluding carboxylic acids is 3. The molecule has 0 bridgehead atoms. The molecule has 0 heterocycles. The Hall–Kier alpha value is -2.80. The summed E-state index contributed by atoms with van der Waals surface area (Å²) in [5.74, 6) is -0.0444. The lowest BCUT2D eigenvalue weighted by Gasteiger charge is -2.09. The first kappa shape index (κ1) is 20.5. The van der Waals surface area contributed by atoms with Gasteiger partial charge in [0.1, 0.15) is 5.75 Å². The van der Waals surface area contributed by atoms with Crippen LogP contribution in [0.1, 0.15) is 15.9 Å². The number of para-hydroxylation sites is 1. The molecular formula is C20H21NO5S. The summed E-state index contributed by atoms with van der Waals surface area (Å²) in [6.07, 6.45) is 0.642. The average molecular weight is 387 g/mol. The molecule has 27 heavy (non-hydrogen) atoms. The molecule has 2 aromatic carbocycles. The zero-order chi connectivity index (χ0) is 19.5. The number of benzene rings is 2. The summed E-state index contributed by atoms with van der Waals surface area (Å²) in [6, 6.07) is 14.7. The van der Waals surface area contributed by atoms with Crippen LogP contribution in [-0.4, -0.2) is 43.7 Å². The van der Waals surface area contributed by atoms with Crippen molar-refractivity contribution in [3.8, 4) is 5.75 Å². The van der Waals surface area contributed by atoms with Crippen molar-refractivity contribution in [2.45, 2.75) is 11.8 Å². The van der Waals surface area contributed by atoms with E-state index in [9.17, 15) is 14.4 Å². The number of thioether (sulfide) groups is 1. The summed E-state index contributed by atoms with van der Waals surface area (Å²) in [6.45, 7) is 1.76. The maximum atomic E-state index is 11.7. The zero-order valence-corrected chi connectivity index (χ0v) is 15.8. The van der Waals surface area contributed by atoms with Crippen LogP contribution in [0.4, 0.5) is 0 Å². The number of carbonyl (C=O) groups is 3. The molecule has 0 aromatic heterocycles. The number of aryl methyl sites for hydroxylation is 1. The Balaban J connectivity index is 1.59. The molecular weight excluding hydrogens is 366 g/mol. The van der Waals surface area contributed by atoms with Gasteiger partial charge in [-0.05, 0) is 31.2 Å². The van der Waals surface area contributed by atoms with Gasteiger partial charge in [-0.15, -0.1) is 11.8 Å². The molecule has 6 nitrogen and oxygen atoms in total. The van der Waals surface area contributed by atoms with Gasteiger partial charge in [0.05, 0.1) is 5.56 Å². The molecule has 0 spiro atoms. The number of nitrogens with one attached hydrogen (secondary N) is 1. The van der Waals surface area contributed by atoms with E-state index >= 15 is 0 Å². The Morgan fingerprint density at radius 1 is 1.07 bits per heavy atom. The van der Waals surface area contributed by atoms with Crippen LogP contribution in [0.5, 0.6) is 5.75 Å². The van der Waals surface area contributed by atoms with Gasteiger partial charge in [-0.1, -0.05) is 29.8 Å². The van der Waals surface area contributed by atoms with Gasteiger partial charge >= 0.3 is 5.97 Å². The average Bonchev–Trinajstić information content (AvgIpc) is 2.69. The monoisotopic (exact) mass is 387 g/mol. The number of hydrogen-bond acceptors (Lipinski definition) is 6. The molecule has 0 aliphatic heterocycles. The predicted octanol–water partition coefficient (Wildman–Crippen LogP) is 2.64. The van der Waals surface area contributed by atoms with E-state index < -0.39 is 5.97 Å². The summed E-state index contributed by atoms with van der Waals surface area (Å²) in [7, 11) is 0.